The number of piperidine rings is 4. The van der Waals surface area contributed by atoms with E-state index in [9.17, 15) is 19.5 Å². The fraction of sp³-hybridized carbons (Fsp3) is 0.700. The molecular weight excluding hydrogens is 851 g/mol. The standard InChI is InChI=1S/C25H38ClN3O3.C25H36ClN3O3/c2*1-24(2,3)32-23(31)29-15-10-25(11-16-29)9-14-27(18-25)17-19-5-4-6-21(26)22(19)28-12-7-20(30)8-13-28/h4-6,20,30H,7-18H2,1-3H3;4-6H,7-18H2,1-3H3. The van der Waals surface area contributed by atoms with Gasteiger partial charge in [0.2, 0.25) is 0 Å². The van der Waals surface area contributed by atoms with Crippen molar-refractivity contribution in [2.45, 2.75) is 136 Å². The number of carbonyl (C=O) groups excluding carboxylic acids is 3. The molecule has 354 valence electrons. The zero-order valence-electron chi connectivity index (χ0n) is 39.4. The maximum Gasteiger partial charge on any atom is 0.410 e. The van der Waals surface area contributed by atoms with Gasteiger partial charge in [-0.1, -0.05) is 47.5 Å². The first-order valence-electron chi connectivity index (χ1n) is 23.9. The van der Waals surface area contributed by atoms with E-state index >= 15 is 0 Å². The van der Waals surface area contributed by atoms with Crippen LogP contribution in [0.2, 0.25) is 10.0 Å². The van der Waals surface area contributed by atoms with Crippen molar-refractivity contribution >= 4 is 52.5 Å². The van der Waals surface area contributed by atoms with Gasteiger partial charge in [-0.2, -0.15) is 0 Å². The number of ketones is 1. The predicted octanol–water partition coefficient (Wildman–Crippen LogP) is 9.26. The Hall–Kier alpha value is -3.29. The van der Waals surface area contributed by atoms with E-state index in [2.05, 4.69) is 31.7 Å². The number of rotatable bonds is 6. The fourth-order valence-electron chi connectivity index (χ4n) is 10.8. The van der Waals surface area contributed by atoms with Gasteiger partial charge in [0.1, 0.15) is 17.0 Å². The lowest BCUT2D eigenvalue weighted by Gasteiger charge is -2.39. The maximum atomic E-state index is 12.4. The third-order valence-electron chi connectivity index (χ3n) is 14.3. The van der Waals surface area contributed by atoms with E-state index < -0.39 is 11.2 Å². The molecule has 8 rings (SSSR count). The Labute approximate surface area is 392 Å². The average Bonchev–Trinajstić information content (AvgIpc) is 3.81. The zero-order chi connectivity index (χ0) is 45.9. The maximum absolute atomic E-state index is 12.4. The molecule has 0 aromatic heterocycles. The number of ether oxygens (including phenoxy) is 2. The van der Waals surface area contributed by atoms with Gasteiger partial charge in [-0.15, -0.1) is 0 Å². The van der Waals surface area contributed by atoms with Crippen LogP contribution >= 0.6 is 23.2 Å². The topological polar surface area (TPSA) is 109 Å². The van der Waals surface area contributed by atoms with E-state index in [0.29, 0.717) is 24.0 Å². The smallest absolute Gasteiger partial charge is 0.410 e. The van der Waals surface area contributed by atoms with Gasteiger partial charge in [0, 0.05) is 91.4 Å². The summed E-state index contributed by atoms with van der Waals surface area (Å²) in [7, 11) is 0. The van der Waals surface area contributed by atoms with Crippen LogP contribution in [0.25, 0.3) is 0 Å². The molecule has 64 heavy (non-hydrogen) atoms. The molecule has 2 aromatic rings. The van der Waals surface area contributed by atoms with E-state index in [-0.39, 0.29) is 23.7 Å². The second-order valence-electron chi connectivity index (χ2n) is 21.6. The molecule has 2 spiro atoms. The highest BCUT2D eigenvalue weighted by atomic mass is 35.5. The third kappa shape index (κ3) is 12.6. The van der Waals surface area contributed by atoms with Crippen molar-refractivity contribution in [3.63, 3.8) is 0 Å². The van der Waals surface area contributed by atoms with Gasteiger partial charge in [-0.3, -0.25) is 14.6 Å². The quantitative estimate of drug-likeness (QED) is 0.301. The van der Waals surface area contributed by atoms with Gasteiger partial charge < -0.3 is 34.2 Å². The minimum absolute atomic E-state index is 0.183. The van der Waals surface area contributed by atoms with Crippen molar-refractivity contribution in [3.8, 4) is 0 Å². The monoisotopic (exact) mass is 925 g/mol. The number of carbonyl (C=O) groups is 3. The molecule has 6 saturated heterocycles. The number of benzene rings is 2. The predicted molar refractivity (Wildman–Crippen MR) is 256 cm³/mol. The van der Waals surface area contributed by atoms with Crippen molar-refractivity contribution in [3.05, 3.63) is 57.6 Å². The van der Waals surface area contributed by atoms with Crippen molar-refractivity contribution in [2.75, 3.05) is 88.3 Å². The highest BCUT2D eigenvalue weighted by Gasteiger charge is 2.44. The molecule has 2 aromatic carbocycles. The van der Waals surface area contributed by atoms with Gasteiger partial charge in [-0.05, 0) is 140 Å². The molecule has 6 fully saturated rings. The van der Waals surface area contributed by atoms with Crippen molar-refractivity contribution in [1.29, 1.82) is 0 Å². The number of hydrogen-bond acceptors (Lipinski definition) is 10. The largest absolute Gasteiger partial charge is 0.444 e. The van der Waals surface area contributed by atoms with Gasteiger partial charge in [0.05, 0.1) is 27.5 Å². The number of Topliss-reactive ketones (excluding diaryl/α,β-unsaturated/α-hetero) is 1. The zero-order valence-corrected chi connectivity index (χ0v) is 41.0. The van der Waals surface area contributed by atoms with Gasteiger partial charge in [-0.25, -0.2) is 9.59 Å². The Bertz CT molecular complexity index is 1930. The molecule has 12 nitrogen and oxygen atoms in total. The first kappa shape index (κ1) is 48.6. The molecule has 6 heterocycles. The van der Waals surface area contributed by atoms with Crippen molar-refractivity contribution in [1.82, 2.24) is 19.6 Å². The number of nitrogens with zero attached hydrogens (tertiary/aromatic N) is 6. The Morgan fingerprint density at radius 1 is 0.609 bits per heavy atom. The number of likely N-dealkylation sites (tertiary alicyclic amines) is 4. The SMILES string of the molecule is CC(C)(C)OC(=O)N1CCC2(CCN(Cc3cccc(Cl)c3N3CCC(=O)CC3)C2)CC1.CC(C)(C)OC(=O)N1CCC2(CCN(Cc3cccc(Cl)c3N3CCC(O)CC3)C2)CC1. The minimum atomic E-state index is -0.452. The number of amides is 2. The average molecular weight is 926 g/mol. The third-order valence-corrected chi connectivity index (χ3v) is 14.9. The van der Waals surface area contributed by atoms with Crippen LogP contribution in [-0.4, -0.2) is 139 Å². The fourth-order valence-corrected chi connectivity index (χ4v) is 11.4. The van der Waals surface area contributed by atoms with E-state index in [4.69, 9.17) is 32.7 Å². The lowest BCUT2D eigenvalue weighted by atomic mass is 9.78. The van der Waals surface area contributed by atoms with Crippen LogP contribution in [0.5, 0.6) is 0 Å². The summed E-state index contributed by atoms with van der Waals surface area (Å²) in [5, 5.41) is 11.5. The molecule has 6 aliphatic rings. The van der Waals surface area contributed by atoms with Crippen molar-refractivity contribution in [2.24, 2.45) is 10.8 Å². The lowest BCUT2D eigenvalue weighted by molar-refractivity contribution is -0.119. The molecule has 0 atom stereocenters. The summed E-state index contributed by atoms with van der Waals surface area (Å²) in [5.74, 6) is 0.342. The summed E-state index contributed by atoms with van der Waals surface area (Å²) in [5.41, 5.74) is 4.45. The molecular formula is C50H74Cl2N6O6. The van der Waals surface area contributed by atoms with Gasteiger partial charge in [0.25, 0.3) is 0 Å². The second-order valence-corrected chi connectivity index (χ2v) is 22.4. The molecule has 0 aliphatic carbocycles. The highest BCUT2D eigenvalue weighted by Crippen LogP contribution is 2.44. The molecule has 2 amide bonds. The van der Waals surface area contributed by atoms with Crippen molar-refractivity contribution < 1.29 is 29.0 Å². The number of halogens is 2. The van der Waals surface area contributed by atoms with Gasteiger partial charge >= 0.3 is 12.2 Å². The Balaban J connectivity index is 0.000000191. The van der Waals surface area contributed by atoms with Crippen LogP contribution in [0.3, 0.4) is 0 Å². The van der Waals surface area contributed by atoms with Crippen LogP contribution < -0.4 is 9.80 Å². The number of anilines is 2. The summed E-state index contributed by atoms with van der Waals surface area (Å²) in [6.07, 6.45) is 8.72. The Morgan fingerprint density at radius 3 is 1.38 bits per heavy atom. The molecule has 14 heteroatoms. The summed E-state index contributed by atoms with van der Waals surface area (Å²) in [6, 6.07) is 12.4. The Kier molecular flexibility index (Phi) is 15.4. The molecule has 0 bridgehead atoms. The van der Waals surface area contributed by atoms with E-state index in [1.165, 1.54) is 24.0 Å². The molecule has 0 radical (unpaired) electrons. The summed E-state index contributed by atoms with van der Waals surface area (Å²) >= 11 is 13.3. The van der Waals surface area contributed by atoms with Crippen LogP contribution in [0.1, 0.15) is 117 Å². The van der Waals surface area contributed by atoms with E-state index in [1.807, 2.05) is 75.6 Å². The van der Waals surface area contributed by atoms with Crippen LogP contribution in [0, 0.1) is 10.8 Å². The van der Waals surface area contributed by atoms with E-state index in [1.54, 1.807) is 0 Å². The summed E-state index contributed by atoms with van der Waals surface area (Å²) in [4.78, 5) is 50.0. The molecule has 1 N–H and O–H groups in total. The number of para-hydroxylation sites is 2. The number of aliphatic hydroxyl groups is 1. The first-order chi connectivity index (χ1) is 30.3. The normalized spacial score (nSPS) is 22.2. The highest BCUT2D eigenvalue weighted by molar-refractivity contribution is 6.33. The number of aliphatic hydroxyl groups excluding tert-OH is 1. The molecule has 6 aliphatic heterocycles. The van der Waals surface area contributed by atoms with Gasteiger partial charge in [0.15, 0.2) is 0 Å². The van der Waals surface area contributed by atoms with Crippen LogP contribution in [0.15, 0.2) is 36.4 Å². The number of hydrogen-bond donors (Lipinski definition) is 1. The van der Waals surface area contributed by atoms with Crippen LogP contribution in [-0.2, 0) is 27.4 Å². The summed E-state index contributed by atoms with van der Waals surface area (Å²) in [6.45, 7) is 23.8. The molecule has 0 saturated carbocycles. The first-order valence-corrected chi connectivity index (χ1v) is 24.7. The summed E-state index contributed by atoms with van der Waals surface area (Å²) < 4.78 is 11.1. The second kappa shape index (κ2) is 20.3. The molecule has 0 unspecified atom stereocenters. The van der Waals surface area contributed by atoms with E-state index in [0.717, 1.165) is 152 Å². The van der Waals surface area contributed by atoms with Crippen LogP contribution in [0.4, 0.5) is 21.0 Å². The minimum Gasteiger partial charge on any atom is -0.444 e. The lowest BCUT2D eigenvalue weighted by Crippen LogP contribution is -2.46. The Morgan fingerprint density at radius 2 is 0.984 bits per heavy atom.